The second kappa shape index (κ2) is 6.92. The van der Waals surface area contributed by atoms with E-state index in [1.807, 2.05) is 0 Å². The van der Waals surface area contributed by atoms with Crippen LogP contribution < -0.4 is 0 Å². The van der Waals surface area contributed by atoms with Gasteiger partial charge in [-0.05, 0) is 98.7 Å². The normalized spacial score (nSPS) is 56.9. The molecule has 12 unspecified atom stereocenters. The van der Waals surface area contributed by atoms with Gasteiger partial charge in [-0.2, -0.15) is 0 Å². The summed E-state index contributed by atoms with van der Waals surface area (Å²) in [4.78, 5) is 27.2. The summed E-state index contributed by atoms with van der Waals surface area (Å²) in [6.07, 6.45) is 18.3. The monoisotopic (exact) mass is 408 g/mol. The highest BCUT2D eigenvalue weighted by atomic mass is 16.1. The molecule has 0 N–H and O–H groups in total. The molecule has 0 spiro atoms. The lowest BCUT2D eigenvalue weighted by Gasteiger charge is -2.56. The van der Waals surface area contributed by atoms with Crippen molar-refractivity contribution in [3.63, 3.8) is 0 Å². The SMILES string of the molecule is O=C1C2CCCCC2C2CC3C4CCCCC4C4C(=O)C5CCCCC5C4C3CC12. The lowest BCUT2D eigenvalue weighted by Crippen LogP contribution is -2.52. The molecule has 7 aliphatic rings. The smallest absolute Gasteiger partial charge is 0.139 e. The summed E-state index contributed by atoms with van der Waals surface area (Å²) in [5.74, 6) is 8.80. The van der Waals surface area contributed by atoms with Crippen molar-refractivity contribution in [2.24, 2.45) is 71.0 Å². The van der Waals surface area contributed by atoms with Crippen LogP contribution in [-0.4, -0.2) is 11.6 Å². The van der Waals surface area contributed by atoms with Crippen LogP contribution in [0.4, 0.5) is 0 Å². The predicted molar refractivity (Wildman–Crippen MR) is 117 cm³/mol. The minimum atomic E-state index is 0.373. The van der Waals surface area contributed by atoms with Gasteiger partial charge in [-0.25, -0.2) is 0 Å². The van der Waals surface area contributed by atoms with Crippen LogP contribution in [0.15, 0.2) is 0 Å². The standard InChI is InChI=1S/C28H40O2/c29-27-19-11-5-2-8-16(19)22-13-21-15-7-1-3-9-17(15)26-25(23(21)14-24(22)27)18-10-4-6-12-20(18)28(26)30/h15-26H,1-14H2. The first-order valence-corrected chi connectivity index (χ1v) is 13.8. The van der Waals surface area contributed by atoms with E-state index in [2.05, 4.69) is 0 Å². The molecule has 2 heteroatoms. The van der Waals surface area contributed by atoms with Crippen LogP contribution in [0.2, 0.25) is 0 Å². The Hall–Kier alpha value is -0.660. The summed E-state index contributed by atoms with van der Waals surface area (Å²) >= 11 is 0. The second-order valence-electron chi connectivity index (χ2n) is 12.7. The van der Waals surface area contributed by atoms with Gasteiger partial charge in [-0.3, -0.25) is 9.59 Å². The fourth-order valence-corrected chi connectivity index (χ4v) is 11.3. The highest BCUT2D eigenvalue weighted by Crippen LogP contribution is 2.67. The topological polar surface area (TPSA) is 34.1 Å². The zero-order chi connectivity index (χ0) is 20.0. The van der Waals surface area contributed by atoms with Gasteiger partial charge in [0.05, 0.1) is 0 Å². The Kier molecular flexibility index (Phi) is 4.35. The molecule has 0 radical (unpaired) electrons. The summed E-state index contributed by atoms with van der Waals surface area (Å²) in [7, 11) is 0. The number of ketones is 2. The molecule has 0 heterocycles. The summed E-state index contributed by atoms with van der Waals surface area (Å²) in [5.41, 5.74) is 0. The Morgan fingerprint density at radius 2 is 1.03 bits per heavy atom. The summed E-state index contributed by atoms with van der Waals surface area (Å²) in [6.45, 7) is 0. The van der Waals surface area contributed by atoms with E-state index in [-0.39, 0.29) is 0 Å². The average molecular weight is 409 g/mol. The van der Waals surface area contributed by atoms with E-state index in [9.17, 15) is 9.59 Å². The van der Waals surface area contributed by atoms with Gasteiger partial charge in [-0.15, -0.1) is 0 Å². The van der Waals surface area contributed by atoms with Crippen LogP contribution in [-0.2, 0) is 9.59 Å². The van der Waals surface area contributed by atoms with Gasteiger partial charge >= 0.3 is 0 Å². The van der Waals surface area contributed by atoms with Gasteiger partial charge in [0.15, 0.2) is 0 Å². The largest absolute Gasteiger partial charge is 0.299 e. The van der Waals surface area contributed by atoms with Crippen LogP contribution >= 0.6 is 0 Å². The number of Topliss-reactive ketones (excluding diaryl/α,β-unsaturated/α-hetero) is 2. The van der Waals surface area contributed by atoms with Crippen molar-refractivity contribution in [2.45, 2.75) is 89.9 Å². The number of hydrogen-bond acceptors (Lipinski definition) is 2. The van der Waals surface area contributed by atoms with Crippen molar-refractivity contribution in [3.8, 4) is 0 Å². The molecular weight excluding hydrogens is 368 g/mol. The Balaban J connectivity index is 1.28. The maximum absolute atomic E-state index is 13.7. The zero-order valence-corrected chi connectivity index (χ0v) is 18.6. The first kappa shape index (κ1) is 18.9. The lowest BCUT2D eigenvalue weighted by molar-refractivity contribution is -0.137. The third-order valence-corrected chi connectivity index (χ3v) is 12.0. The molecule has 0 amide bonds. The first-order valence-electron chi connectivity index (χ1n) is 13.8. The van der Waals surface area contributed by atoms with E-state index in [4.69, 9.17) is 0 Å². The maximum atomic E-state index is 13.7. The number of fused-ring (bicyclic) bond motifs is 11. The highest BCUT2D eigenvalue weighted by molar-refractivity contribution is 5.88. The van der Waals surface area contributed by atoms with Crippen LogP contribution in [0.25, 0.3) is 0 Å². The van der Waals surface area contributed by atoms with Crippen LogP contribution in [0, 0.1) is 71.0 Å². The predicted octanol–water partition coefficient (Wildman–Crippen LogP) is 6.08. The molecule has 0 aliphatic heterocycles. The summed E-state index contributed by atoms with van der Waals surface area (Å²) in [5, 5.41) is 0. The van der Waals surface area contributed by atoms with E-state index in [0.717, 1.165) is 17.8 Å². The van der Waals surface area contributed by atoms with Crippen molar-refractivity contribution in [3.05, 3.63) is 0 Å². The van der Waals surface area contributed by atoms with Crippen molar-refractivity contribution in [1.29, 1.82) is 0 Å². The molecule has 0 aromatic heterocycles. The number of carbonyl (C=O) groups is 2. The Bertz CT molecular complexity index is 741. The third-order valence-electron chi connectivity index (χ3n) is 12.0. The molecule has 0 saturated heterocycles. The van der Waals surface area contributed by atoms with Crippen LogP contribution in [0.5, 0.6) is 0 Å². The molecule has 30 heavy (non-hydrogen) atoms. The van der Waals surface area contributed by atoms with Crippen molar-refractivity contribution in [1.82, 2.24) is 0 Å². The van der Waals surface area contributed by atoms with E-state index < -0.39 is 0 Å². The minimum absolute atomic E-state index is 0.373. The first-order chi connectivity index (χ1) is 14.7. The van der Waals surface area contributed by atoms with Gasteiger partial charge in [0.1, 0.15) is 11.6 Å². The van der Waals surface area contributed by atoms with Crippen LogP contribution in [0.3, 0.4) is 0 Å². The molecule has 2 nitrogen and oxygen atoms in total. The number of hydrogen-bond donors (Lipinski definition) is 0. The third kappa shape index (κ3) is 2.43. The Morgan fingerprint density at radius 3 is 1.80 bits per heavy atom. The van der Waals surface area contributed by atoms with E-state index >= 15 is 0 Å². The Labute approximate surface area is 182 Å². The fraction of sp³-hybridized carbons (Fsp3) is 0.929. The fourth-order valence-electron chi connectivity index (χ4n) is 11.3. The molecule has 7 fully saturated rings. The molecule has 7 rings (SSSR count). The van der Waals surface area contributed by atoms with Gasteiger partial charge in [0.25, 0.3) is 0 Å². The molecule has 12 atom stereocenters. The van der Waals surface area contributed by atoms with Gasteiger partial charge < -0.3 is 0 Å². The molecule has 7 saturated carbocycles. The Morgan fingerprint density at radius 1 is 0.433 bits per heavy atom. The number of rotatable bonds is 0. The molecule has 164 valence electrons. The summed E-state index contributed by atoms with van der Waals surface area (Å²) < 4.78 is 0. The summed E-state index contributed by atoms with van der Waals surface area (Å²) in [6, 6.07) is 0. The van der Waals surface area contributed by atoms with Gasteiger partial charge in [0.2, 0.25) is 0 Å². The van der Waals surface area contributed by atoms with E-state index in [0.29, 0.717) is 64.8 Å². The zero-order valence-electron chi connectivity index (χ0n) is 18.6. The van der Waals surface area contributed by atoms with Crippen molar-refractivity contribution < 1.29 is 9.59 Å². The molecule has 0 aromatic rings. The van der Waals surface area contributed by atoms with Crippen molar-refractivity contribution >= 4 is 11.6 Å². The average Bonchev–Trinajstić information content (AvgIpc) is 3.25. The van der Waals surface area contributed by atoms with E-state index in [1.54, 1.807) is 0 Å². The molecular formula is C28H40O2. The molecule has 0 aromatic carbocycles. The van der Waals surface area contributed by atoms with Gasteiger partial charge in [0, 0.05) is 23.7 Å². The maximum Gasteiger partial charge on any atom is 0.139 e. The quantitative estimate of drug-likeness (QED) is 0.487. The lowest BCUT2D eigenvalue weighted by atomic mass is 9.47. The second-order valence-corrected chi connectivity index (χ2v) is 12.7. The van der Waals surface area contributed by atoms with Crippen LogP contribution in [0.1, 0.15) is 89.9 Å². The van der Waals surface area contributed by atoms with Crippen molar-refractivity contribution in [2.75, 3.05) is 0 Å². The minimum Gasteiger partial charge on any atom is -0.299 e. The molecule has 7 aliphatic carbocycles. The number of carbonyl (C=O) groups excluding carboxylic acids is 2. The molecule has 0 bridgehead atoms. The van der Waals surface area contributed by atoms with Gasteiger partial charge in [-0.1, -0.05) is 38.5 Å². The van der Waals surface area contributed by atoms with E-state index in [1.165, 1.54) is 89.9 Å². The highest BCUT2D eigenvalue weighted by Gasteiger charge is 2.65.